The van der Waals surface area contributed by atoms with Crippen LogP contribution < -0.4 is 0 Å². The van der Waals surface area contributed by atoms with Gasteiger partial charge in [0.1, 0.15) is 0 Å². The third-order valence-corrected chi connectivity index (χ3v) is 1.86. The van der Waals surface area contributed by atoms with Crippen LogP contribution in [0.2, 0.25) is 0 Å². The number of aryl methyl sites for hydroxylation is 1. The Labute approximate surface area is 85.5 Å². The van der Waals surface area contributed by atoms with E-state index in [2.05, 4.69) is 20.5 Å². The molecule has 0 unspecified atom stereocenters. The zero-order valence-electron chi connectivity index (χ0n) is 6.33. The fourth-order valence-electron chi connectivity index (χ4n) is 0.871. The second-order valence-electron chi connectivity index (χ2n) is 2.24. The van der Waals surface area contributed by atoms with Gasteiger partial charge in [-0.1, -0.05) is 0 Å². The Balaban J connectivity index is 3.03. The van der Waals surface area contributed by atoms with E-state index in [-0.39, 0.29) is 0 Å². The first-order valence-electron chi connectivity index (χ1n) is 3.32. The summed E-state index contributed by atoms with van der Waals surface area (Å²) in [7, 11) is 0. The molecule has 1 aromatic carbocycles. The standard InChI is InChI=1S/C8H8N.Ca.H/c1-7-4-2-3-5-8(7)6-9;;/h2-6H,1H3;;/q-1;+1;. The Hall–Kier alpha value is 0.150. The molecule has 0 heterocycles. The Morgan fingerprint density at radius 2 is 2.10 bits per heavy atom. The van der Waals surface area contributed by atoms with Crippen LogP contribution in [0.25, 0.3) is 0 Å². The average molecular weight is 159 g/mol. The maximum absolute atomic E-state index is 4.13. The summed E-state index contributed by atoms with van der Waals surface area (Å²) in [5.74, 6) is 0. The predicted octanol–water partition coefficient (Wildman–Crippen LogP) is 1.23. The zero-order valence-corrected chi connectivity index (χ0v) is 9.46. The van der Waals surface area contributed by atoms with Crippen molar-refractivity contribution in [3.05, 3.63) is 35.4 Å². The Morgan fingerprint density at radius 3 is 2.70 bits per heavy atom. The molecule has 0 fully saturated rings. The van der Waals surface area contributed by atoms with E-state index < -0.39 is 0 Å². The number of benzene rings is 1. The summed E-state index contributed by atoms with van der Waals surface area (Å²) >= 11 is 0.579. The van der Waals surface area contributed by atoms with Crippen molar-refractivity contribution >= 4 is 42.4 Å². The van der Waals surface area contributed by atoms with Crippen LogP contribution in [0, 0.1) is 6.92 Å². The molecule has 0 aliphatic rings. The van der Waals surface area contributed by atoms with E-state index in [1.807, 2.05) is 18.3 Å². The van der Waals surface area contributed by atoms with Gasteiger partial charge < -0.3 is 0 Å². The van der Waals surface area contributed by atoms with Crippen LogP contribution in [0.3, 0.4) is 0 Å². The van der Waals surface area contributed by atoms with E-state index in [4.69, 9.17) is 0 Å². The Kier molecular flexibility index (Phi) is 3.40. The molecule has 48 valence electrons. The van der Waals surface area contributed by atoms with Gasteiger partial charge in [-0.2, -0.15) is 0 Å². The van der Waals surface area contributed by atoms with E-state index >= 15 is 0 Å². The summed E-state index contributed by atoms with van der Waals surface area (Å²) < 4.78 is 4.13. The van der Waals surface area contributed by atoms with Gasteiger partial charge in [0, 0.05) is 0 Å². The van der Waals surface area contributed by atoms with Gasteiger partial charge in [0.25, 0.3) is 0 Å². The van der Waals surface area contributed by atoms with E-state index in [0.29, 0.717) is 36.2 Å². The molecule has 1 rings (SSSR count). The molecule has 1 aromatic rings. The molecule has 0 atom stereocenters. The molecule has 1 nitrogen and oxygen atoms in total. The van der Waals surface area contributed by atoms with Gasteiger partial charge in [-0.15, -0.1) is 0 Å². The molecule has 10 heavy (non-hydrogen) atoms. The van der Waals surface area contributed by atoms with Crippen molar-refractivity contribution in [3.8, 4) is 0 Å². The minimum atomic E-state index is 0.579. The van der Waals surface area contributed by atoms with Crippen LogP contribution in [0.15, 0.2) is 25.7 Å². The summed E-state index contributed by atoms with van der Waals surface area (Å²) in [5.41, 5.74) is 2.55. The van der Waals surface area contributed by atoms with Gasteiger partial charge in [-0.25, -0.2) is 0 Å². The number of nitrogens with zero attached hydrogens (tertiary/aromatic N) is 1. The van der Waals surface area contributed by atoms with Gasteiger partial charge in [0.15, 0.2) is 0 Å². The maximum atomic E-state index is 4.13. The van der Waals surface area contributed by atoms with Crippen LogP contribution in [0.5, 0.6) is 0 Å². The SMILES string of the molecule is Cc1ccccc1/C=[N]/[CaH]. The molecular weight excluding hydrogens is 150 g/mol. The Bertz CT molecular complexity index is 243. The summed E-state index contributed by atoms with van der Waals surface area (Å²) in [6, 6.07) is 8.27. The zero-order chi connectivity index (χ0) is 7.40. The Morgan fingerprint density at radius 1 is 1.40 bits per heavy atom. The van der Waals surface area contributed by atoms with Crippen molar-refractivity contribution in [1.29, 1.82) is 0 Å². The fraction of sp³-hybridized carbons (Fsp3) is 0.125. The number of hydrogen-bond acceptors (Lipinski definition) is 1. The molecule has 0 N–H and O–H groups in total. The summed E-state index contributed by atoms with van der Waals surface area (Å²) in [6.07, 6.45) is 1.95. The van der Waals surface area contributed by atoms with Crippen LogP contribution in [-0.4, -0.2) is 42.4 Å². The van der Waals surface area contributed by atoms with E-state index in [1.54, 1.807) is 0 Å². The summed E-state index contributed by atoms with van der Waals surface area (Å²) in [4.78, 5) is 0. The average Bonchev–Trinajstić information content (AvgIpc) is 1.94. The van der Waals surface area contributed by atoms with Gasteiger partial charge in [0.2, 0.25) is 0 Å². The first kappa shape index (κ1) is 8.25. The van der Waals surface area contributed by atoms with Crippen molar-refractivity contribution in [1.82, 2.24) is 0 Å². The first-order chi connectivity index (χ1) is 4.84. The predicted molar refractivity (Wildman–Crippen MR) is 45.9 cm³/mol. The molecule has 0 saturated heterocycles. The third kappa shape index (κ3) is 2.08. The quantitative estimate of drug-likeness (QED) is 0.432. The van der Waals surface area contributed by atoms with Crippen LogP contribution in [-0.2, 0) is 0 Å². The fourth-order valence-corrected chi connectivity index (χ4v) is 1.31. The molecule has 2 heteroatoms. The molecule has 0 aliphatic heterocycles. The van der Waals surface area contributed by atoms with Gasteiger partial charge >= 0.3 is 86.2 Å². The minimum absolute atomic E-state index is 0.579. The molecule has 0 saturated carbocycles. The topological polar surface area (TPSA) is 12.4 Å². The molecule has 0 amide bonds. The van der Waals surface area contributed by atoms with Gasteiger partial charge in [-0.05, 0) is 0 Å². The van der Waals surface area contributed by atoms with E-state index in [9.17, 15) is 0 Å². The molecule has 0 aromatic heterocycles. The molecule has 0 spiro atoms. The number of rotatable bonds is 1. The van der Waals surface area contributed by atoms with Crippen molar-refractivity contribution in [2.24, 2.45) is 1.48 Å². The summed E-state index contributed by atoms with van der Waals surface area (Å²) in [5, 5.41) is 0. The first-order valence-corrected chi connectivity index (χ1v) is 4.72. The van der Waals surface area contributed by atoms with Crippen molar-refractivity contribution < 1.29 is 0 Å². The van der Waals surface area contributed by atoms with Crippen LogP contribution in [0.4, 0.5) is 0 Å². The van der Waals surface area contributed by atoms with Crippen molar-refractivity contribution in [3.63, 3.8) is 0 Å². The van der Waals surface area contributed by atoms with Crippen LogP contribution >= 0.6 is 0 Å². The monoisotopic (exact) mass is 159 g/mol. The van der Waals surface area contributed by atoms with E-state index in [1.165, 1.54) is 11.1 Å². The molecule has 0 radical (unpaired) electrons. The van der Waals surface area contributed by atoms with Gasteiger partial charge in [-0.3, -0.25) is 0 Å². The summed E-state index contributed by atoms with van der Waals surface area (Å²) in [6.45, 7) is 2.10. The van der Waals surface area contributed by atoms with Crippen molar-refractivity contribution in [2.45, 2.75) is 6.92 Å². The third-order valence-electron chi connectivity index (χ3n) is 1.46. The number of hydrogen-bond donors (Lipinski definition) is 0. The molecule has 0 bridgehead atoms. The van der Waals surface area contributed by atoms with E-state index in [0.717, 1.165) is 0 Å². The second kappa shape index (κ2) is 4.12. The second-order valence-corrected chi connectivity index (χ2v) is 3.05. The normalized spacial score (nSPS) is 10.4. The molecular formula is C8H9CaN. The van der Waals surface area contributed by atoms with Crippen molar-refractivity contribution in [2.75, 3.05) is 0 Å². The molecule has 0 aliphatic carbocycles. The van der Waals surface area contributed by atoms with Crippen LogP contribution in [0.1, 0.15) is 11.1 Å². The van der Waals surface area contributed by atoms with Gasteiger partial charge in [0.05, 0.1) is 0 Å².